The Morgan fingerprint density at radius 2 is 2.00 bits per heavy atom. The van der Waals surface area contributed by atoms with Crippen LogP contribution in [0.2, 0.25) is 19.6 Å². The number of hydrogen-bond donors (Lipinski definition) is 1. The molecule has 0 aliphatic rings. The monoisotopic (exact) mass is 223 g/mol. The second-order valence-corrected chi connectivity index (χ2v) is 9.14. The van der Waals surface area contributed by atoms with Gasteiger partial charge < -0.3 is 9.74 Å². The summed E-state index contributed by atoms with van der Waals surface area (Å²) >= 11 is 0. The first-order valence-electron chi connectivity index (χ1n) is 5.44. The van der Waals surface area contributed by atoms with Crippen molar-refractivity contribution in [3.05, 3.63) is 29.8 Å². The maximum absolute atomic E-state index is 5.94. The zero-order valence-corrected chi connectivity index (χ0v) is 11.1. The topological polar surface area (TPSA) is 21.3 Å². The quantitative estimate of drug-likeness (QED) is 0.775. The Hall–Kier alpha value is -0.803. The van der Waals surface area contributed by atoms with Crippen LogP contribution in [0.25, 0.3) is 0 Å². The largest absolute Gasteiger partial charge is 0.544 e. The predicted octanol–water partition coefficient (Wildman–Crippen LogP) is 2.66. The Kier molecular flexibility index (Phi) is 4.36. The SMILES string of the molecule is CNCCc1cccc(O[Si](C)(C)C)c1. The third-order valence-corrected chi connectivity index (χ3v) is 2.83. The lowest BCUT2D eigenvalue weighted by molar-refractivity contribution is 0.556. The Bertz CT molecular complexity index is 307. The van der Waals surface area contributed by atoms with Crippen LogP contribution in [-0.4, -0.2) is 21.9 Å². The molecule has 1 N–H and O–H groups in total. The molecule has 0 radical (unpaired) electrons. The summed E-state index contributed by atoms with van der Waals surface area (Å²) in [5.41, 5.74) is 1.33. The summed E-state index contributed by atoms with van der Waals surface area (Å²) in [6.07, 6.45) is 1.05. The summed E-state index contributed by atoms with van der Waals surface area (Å²) in [7, 11) is 0.507. The van der Waals surface area contributed by atoms with Crippen LogP contribution in [0.5, 0.6) is 5.75 Å². The van der Waals surface area contributed by atoms with Gasteiger partial charge in [0.05, 0.1) is 0 Å². The molecular formula is C12H21NOSi. The Balaban J connectivity index is 2.66. The Morgan fingerprint density at radius 3 is 2.60 bits per heavy atom. The van der Waals surface area contributed by atoms with E-state index >= 15 is 0 Å². The summed E-state index contributed by atoms with van der Waals surface area (Å²) in [4.78, 5) is 0. The van der Waals surface area contributed by atoms with Gasteiger partial charge in [0, 0.05) is 0 Å². The molecule has 15 heavy (non-hydrogen) atoms. The van der Waals surface area contributed by atoms with Crippen molar-refractivity contribution in [2.75, 3.05) is 13.6 Å². The zero-order valence-electron chi connectivity index (χ0n) is 10.1. The van der Waals surface area contributed by atoms with Gasteiger partial charge in [-0.05, 0) is 57.4 Å². The second kappa shape index (κ2) is 5.33. The van der Waals surface area contributed by atoms with E-state index < -0.39 is 8.32 Å². The first-order valence-corrected chi connectivity index (χ1v) is 8.84. The third-order valence-electron chi connectivity index (χ3n) is 1.99. The van der Waals surface area contributed by atoms with Gasteiger partial charge in [-0.1, -0.05) is 12.1 Å². The molecule has 0 unspecified atom stereocenters. The fraction of sp³-hybridized carbons (Fsp3) is 0.500. The van der Waals surface area contributed by atoms with Gasteiger partial charge in [-0.2, -0.15) is 0 Å². The molecule has 84 valence electrons. The standard InChI is InChI=1S/C12H21NOSi/c1-13-9-8-11-6-5-7-12(10-11)14-15(2,3)4/h5-7,10,13H,8-9H2,1-4H3. The number of rotatable bonds is 5. The van der Waals surface area contributed by atoms with Gasteiger partial charge in [0.25, 0.3) is 0 Å². The van der Waals surface area contributed by atoms with Crippen LogP contribution in [-0.2, 0) is 6.42 Å². The third kappa shape index (κ3) is 5.00. The molecule has 0 saturated heterocycles. The number of hydrogen-bond acceptors (Lipinski definition) is 2. The molecule has 0 amide bonds. The lowest BCUT2D eigenvalue weighted by atomic mass is 10.1. The smallest absolute Gasteiger partial charge is 0.242 e. The van der Waals surface area contributed by atoms with Crippen molar-refractivity contribution >= 4 is 8.32 Å². The van der Waals surface area contributed by atoms with E-state index in [1.807, 2.05) is 13.1 Å². The van der Waals surface area contributed by atoms with Gasteiger partial charge in [-0.15, -0.1) is 0 Å². The van der Waals surface area contributed by atoms with Crippen molar-refractivity contribution in [3.8, 4) is 5.75 Å². The second-order valence-electron chi connectivity index (χ2n) is 4.72. The van der Waals surface area contributed by atoms with E-state index in [4.69, 9.17) is 4.43 Å². The zero-order chi connectivity index (χ0) is 11.3. The maximum atomic E-state index is 5.94. The lowest BCUT2D eigenvalue weighted by Gasteiger charge is -2.19. The highest BCUT2D eigenvalue weighted by Crippen LogP contribution is 2.17. The highest BCUT2D eigenvalue weighted by atomic mass is 28.4. The van der Waals surface area contributed by atoms with E-state index in [9.17, 15) is 0 Å². The lowest BCUT2D eigenvalue weighted by Crippen LogP contribution is -2.29. The molecule has 0 heterocycles. The van der Waals surface area contributed by atoms with Crippen LogP contribution in [0, 0.1) is 0 Å². The van der Waals surface area contributed by atoms with Crippen LogP contribution in [0.4, 0.5) is 0 Å². The average molecular weight is 223 g/mol. The molecule has 0 saturated carbocycles. The van der Waals surface area contributed by atoms with Crippen molar-refractivity contribution in [2.24, 2.45) is 0 Å². The molecule has 0 spiro atoms. The average Bonchev–Trinajstić information content (AvgIpc) is 2.12. The van der Waals surface area contributed by atoms with Crippen LogP contribution in [0.1, 0.15) is 5.56 Å². The van der Waals surface area contributed by atoms with Gasteiger partial charge in [0.15, 0.2) is 0 Å². The fourth-order valence-electron chi connectivity index (χ4n) is 1.39. The van der Waals surface area contributed by atoms with Crippen LogP contribution in [0.15, 0.2) is 24.3 Å². The Labute approximate surface area is 93.8 Å². The fourth-order valence-corrected chi connectivity index (χ4v) is 2.22. The molecule has 1 aromatic rings. The van der Waals surface area contributed by atoms with Gasteiger partial charge >= 0.3 is 0 Å². The highest BCUT2D eigenvalue weighted by Gasteiger charge is 2.15. The summed E-state index contributed by atoms with van der Waals surface area (Å²) in [6, 6.07) is 8.41. The molecule has 0 bridgehead atoms. The van der Waals surface area contributed by atoms with Crippen molar-refractivity contribution in [1.82, 2.24) is 5.32 Å². The molecule has 2 nitrogen and oxygen atoms in total. The van der Waals surface area contributed by atoms with E-state index in [0.29, 0.717) is 0 Å². The van der Waals surface area contributed by atoms with Gasteiger partial charge in [-0.3, -0.25) is 0 Å². The van der Waals surface area contributed by atoms with E-state index in [0.717, 1.165) is 18.7 Å². The molecule has 0 atom stereocenters. The van der Waals surface area contributed by atoms with Gasteiger partial charge in [0.2, 0.25) is 8.32 Å². The predicted molar refractivity (Wildman–Crippen MR) is 68.0 cm³/mol. The summed E-state index contributed by atoms with van der Waals surface area (Å²) in [6.45, 7) is 7.62. The van der Waals surface area contributed by atoms with E-state index in [1.54, 1.807) is 0 Å². The van der Waals surface area contributed by atoms with Crippen molar-refractivity contribution in [2.45, 2.75) is 26.1 Å². The molecule has 1 aromatic carbocycles. The number of benzene rings is 1. The normalized spacial score (nSPS) is 11.5. The number of likely N-dealkylation sites (N-methyl/N-ethyl adjacent to an activating group) is 1. The van der Waals surface area contributed by atoms with E-state index in [1.165, 1.54) is 5.56 Å². The molecular weight excluding hydrogens is 202 g/mol. The maximum Gasteiger partial charge on any atom is 0.242 e. The first kappa shape index (κ1) is 12.3. The molecule has 1 rings (SSSR count). The summed E-state index contributed by atoms with van der Waals surface area (Å²) in [5.74, 6) is 1.02. The minimum absolute atomic E-state index is 1.01. The Morgan fingerprint density at radius 1 is 1.27 bits per heavy atom. The minimum atomic E-state index is -1.47. The molecule has 0 aliphatic carbocycles. The van der Waals surface area contributed by atoms with Gasteiger partial charge in [0.1, 0.15) is 5.75 Å². The minimum Gasteiger partial charge on any atom is -0.544 e. The van der Waals surface area contributed by atoms with Crippen LogP contribution < -0.4 is 9.74 Å². The van der Waals surface area contributed by atoms with Crippen LogP contribution in [0.3, 0.4) is 0 Å². The van der Waals surface area contributed by atoms with Crippen LogP contribution >= 0.6 is 0 Å². The first-order chi connectivity index (χ1) is 7.01. The van der Waals surface area contributed by atoms with Crippen molar-refractivity contribution in [1.29, 1.82) is 0 Å². The van der Waals surface area contributed by atoms with Crippen molar-refractivity contribution < 1.29 is 4.43 Å². The number of nitrogens with one attached hydrogen (secondary N) is 1. The molecule has 3 heteroatoms. The van der Waals surface area contributed by atoms with E-state index in [-0.39, 0.29) is 0 Å². The van der Waals surface area contributed by atoms with Gasteiger partial charge in [-0.25, -0.2) is 0 Å². The summed E-state index contributed by atoms with van der Waals surface area (Å²) < 4.78 is 5.94. The summed E-state index contributed by atoms with van der Waals surface area (Å²) in [5, 5.41) is 3.15. The molecule has 0 aliphatic heterocycles. The van der Waals surface area contributed by atoms with E-state index in [2.05, 4.69) is 43.2 Å². The molecule has 0 aromatic heterocycles. The highest BCUT2D eigenvalue weighted by molar-refractivity contribution is 6.70. The molecule has 0 fully saturated rings. The van der Waals surface area contributed by atoms with Crippen molar-refractivity contribution in [3.63, 3.8) is 0 Å².